The van der Waals surface area contributed by atoms with Gasteiger partial charge in [0.25, 0.3) is 17.7 Å². The van der Waals surface area contributed by atoms with Crippen LogP contribution in [0.1, 0.15) is 73.2 Å². The van der Waals surface area contributed by atoms with Crippen molar-refractivity contribution in [3.63, 3.8) is 0 Å². The van der Waals surface area contributed by atoms with Crippen LogP contribution in [-0.4, -0.2) is 88.7 Å². The first-order chi connectivity index (χ1) is 34.7. The van der Waals surface area contributed by atoms with E-state index in [2.05, 4.69) is 62.7 Å². The quantitative estimate of drug-likeness (QED) is 0.116. The number of nitriles is 2. The molecule has 0 bridgehead atoms. The maximum atomic E-state index is 15.0. The maximum Gasteiger partial charge on any atom is 0.268 e. The second-order valence-corrected chi connectivity index (χ2v) is 18.8. The number of nitrogens with zero attached hydrogens (tertiary/aromatic N) is 13. The lowest BCUT2D eigenvalue weighted by atomic mass is 9.90. The van der Waals surface area contributed by atoms with E-state index in [-0.39, 0.29) is 27.7 Å². The van der Waals surface area contributed by atoms with E-state index in [0.717, 1.165) is 67.1 Å². The standard InChI is InChI=1S/C28H28FN7O2.C25H24N8O.3H2/c1-17-25(34-23(15-32-17)19-6-9-31-24(13-19)28(2,3)16-30)27-36-35-26(38-27)21-5-4-18(12-22(21)29)14-33-20-7-10-37-11-8-20;1-15-22(30-20(11-29-15)17-8-9-28-21(10-17)25(2,3)14-26)24-32-31-23(34-24)16-4-6-19(7-5-16)33-12-18(27)13-33;;;/h4-6,9,12-13,15,20,33H,7-8,10-11,14H2,1-3H3;4-11,18H,12-13,27H2,1-3H3;3*1H. The third kappa shape index (κ3) is 10.7. The average Bonchev–Trinajstić information content (AvgIpc) is 4.10. The lowest BCUT2D eigenvalue weighted by Gasteiger charge is -2.38. The number of ether oxygens (including phenoxy) is 1. The number of nitrogens with one attached hydrogen (secondary N) is 1. The third-order valence-corrected chi connectivity index (χ3v) is 12.6. The van der Waals surface area contributed by atoms with E-state index in [9.17, 15) is 10.5 Å². The molecule has 370 valence electrons. The Balaban J connectivity index is 0.000000236. The summed E-state index contributed by atoms with van der Waals surface area (Å²) in [6.07, 6.45) is 8.55. The van der Waals surface area contributed by atoms with Crippen LogP contribution in [0.5, 0.6) is 0 Å². The smallest absolute Gasteiger partial charge is 0.268 e. The van der Waals surface area contributed by atoms with E-state index < -0.39 is 16.6 Å². The van der Waals surface area contributed by atoms with Crippen molar-refractivity contribution in [3.8, 4) is 80.7 Å². The van der Waals surface area contributed by atoms with Crippen LogP contribution in [0.2, 0.25) is 0 Å². The van der Waals surface area contributed by atoms with Crippen molar-refractivity contribution in [2.75, 3.05) is 31.2 Å². The van der Waals surface area contributed by atoms with E-state index in [4.69, 9.17) is 29.3 Å². The highest BCUT2D eigenvalue weighted by atomic mass is 19.1. The zero-order valence-corrected chi connectivity index (χ0v) is 40.8. The Labute approximate surface area is 420 Å². The fraction of sp³-hybridized carbons (Fsp3) is 0.321. The predicted molar refractivity (Wildman–Crippen MR) is 272 cm³/mol. The van der Waals surface area contributed by atoms with Gasteiger partial charge in [-0.15, -0.1) is 20.4 Å². The molecule has 0 saturated carbocycles. The highest BCUT2D eigenvalue weighted by Gasteiger charge is 2.26. The molecule has 2 saturated heterocycles. The number of anilines is 1. The number of halogens is 1. The Morgan fingerprint density at radius 1 is 0.694 bits per heavy atom. The van der Waals surface area contributed by atoms with Crippen molar-refractivity contribution in [3.05, 3.63) is 126 Å². The summed E-state index contributed by atoms with van der Waals surface area (Å²) >= 11 is 0. The zero-order valence-electron chi connectivity index (χ0n) is 40.8. The molecule has 2 aliphatic rings. The van der Waals surface area contributed by atoms with Gasteiger partial charge in [-0.05, 0) is 121 Å². The van der Waals surface area contributed by atoms with Gasteiger partial charge >= 0.3 is 0 Å². The molecule has 6 aromatic heterocycles. The number of hydrogen-bond acceptors (Lipinski definition) is 18. The first kappa shape index (κ1) is 48.8. The van der Waals surface area contributed by atoms with Crippen LogP contribution in [0.25, 0.3) is 68.6 Å². The summed E-state index contributed by atoms with van der Waals surface area (Å²) in [5.74, 6) is 0.479. The van der Waals surface area contributed by atoms with E-state index >= 15 is 4.39 Å². The Bertz CT molecular complexity index is 3330. The number of aryl methyl sites for hydroxylation is 2. The summed E-state index contributed by atoms with van der Waals surface area (Å²) in [7, 11) is 0. The van der Waals surface area contributed by atoms with Gasteiger partial charge in [-0.25, -0.2) is 14.4 Å². The van der Waals surface area contributed by atoms with E-state index in [0.29, 0.717) is 69.9 Å². The zero-order chi connectivity index (χ0) is 50.6. The fourth-order valence-corrected chi connectivity index (χ4v) is 7.97. The molecule has 2 aliphatic heterocycles. The first-order valence-electron chi connectivity index (χ1n) is 23.5. The van der Waals surface area contributed by atoms with Gasteiger partial charge in [0.1, 0.15) is 17.2 Å². The molecule has 0 radical (unpaired) electrons. The summed E-state index contributed by atoms with van der Waals surface area (Å²) in [4.78, 5) is 29.3. The van der Waals surface area contributed by atoms with Gasteiger partial charge in [-0.1, -0.05) is 6.07 Å². The summed E-state index contributed by atoms with van der Waals surface area (Å²) in [6.45, 7) is 14.7. The maximum absolute atomic E-state index is 15.0. The molecule has 0 unspecified atom stereocenters. The van der Waals surface area contributed by atoms with E-state index in [1.54, 1.807) is 57.7 Å². The van der Waals surface area contributed by atoms with Crippen molar-refractivity contribution in [1.82, 2.24) is 55.6 Å². The molecule has 3 N–H and O–H groups in total. The molecule has 2 aromatic carbocycles. The SMILES string of the molecule is Cc1ncc(-c2ccnc(C(C)(C)C#N)c2)nc1-c1nnc(-c2ccc(CNC3CCOCC3)cc2F)o1.Cc1ncc(-c2ccnc(C(C)(C)C#N)c2)nc1-c1nnc(-c2ccc(N3CC(N)C3)cc2)o1.[HH].[HH].[HH]. The molecule has 19 heteroatoms. The van der Waals surface area contributed by atoms with Crippen LogP contribution in [-0.2, 0) is 22.1 Å². The summed E-state index contributed by atoms with van der Waals surface area (Å²) in [6, 6.07) is 25.4. The molecular weight excluding hydrogens is 914 g/mol. The second kappa shape index (κ2) is 20.6. The van der Waals surface area contributed by atoms with Crippen molar-refractivity contribution < 1.29 is 22.2 Å². The summed E-state index contributed by atoms with van der Waals surface area (Å²) in [5.41, 5.74) is 13.6. The Morgan fingerprint density at radius 2 is 1.22 bits per heavy atom. The molecule has 8 heterocycles. The summed E-state index contributed by atoms with van der Waals surface area (Å²) < 4.78 is 32.2. The molecule has 18 nitrogen and oxygen atoms in total. The molecule has 0 aliphatic carbocycles. The monoisotopic (exact) mass is 971 g/mol. The number of rotatable bonds is 12. The fourth-order valence-electron chi connectivity index (χ4n) is 7.97. The first-order valence-corrected chi connectivity index (χ1v) is 23.5. The minimum absolute atomic E-state index is 0. The lowest BCUT2D eigenvalue weighted by molar-refractivity contribution is 0.0776. The minimum atomic E-state index is -0.751. The molecule has 2 fully saturated rings. The third-order valence-electron chi connectivity index (χ3n) is 12.6. The number of nitrogens with two attached hydrogens (primary N) is 1. The number of benzene rings is 2. The van der Waals surface area contributed by atoms with Gasteiger partial charge in [-0.3, -0.25) is 19.9 Å². The molecule has 10 rings (SSSR count). The van der Waals surface area contributed by atoms with Crippen LogP contribution in [0.3, 0.4) is 0 Å². The van der Waals surface area contributed by atoms with Crippen LogP contribution < -0.4 is 16.0 Å². The van der Waals surface area contributed by atoms with E-state index in [1.807, 2.05) is 69.3 Å². The van der Waals surface area contributed by atoms with Gasteiger partial charge in [0.05, 0.1) is 75.1 Å². The van der Waals surface area contributed by atoms with Crippen molar-refractivity contribution in [2.24, 2.45) is 5.73 Å². The highest BCUT2D eigenvalue weighted by molar-refractivity contribution is 5.66. The molecule has 72 heavy (non-hydrogen) atoms. The van der Waals surface area contributed by atoms with Crippen molar-refractivity contribution in [1.29, 1.82) is 10.5 Å². The topological polar surface area (TPSA) is 253 Å². The summed E-state index contributed by atoms with van der Waals surface area (Å²) in [5, 5.41) is 39.0. The molecule has 8 aromatic rings. The predicted octanol–water partition coefficient (Wildman–Crippen LogP) is 9.02. The number of hydrogen-bond donors (Lipinski definition) is 2. The van der Waals surface area contributed by atoms with Gasteiger partial charge in [-0.2, -0.15) is 10.5 Å². The van der Waals surface area contributed by atoms with Gasteiger partial charge in [0.2, 0.25) is 5.89 Å². The minimum Gasteiger partial charge on any atom is -0.415 e. The van der Waals surface area contributed by atoms with Crippen molar-refractivity contribution >= 4 is 5.69 Å². The Morgan fingerprint density at radius 3 is 1.75 bits per heavy atom. The van der Waals surface area contributed by atoms with E-state index in [1.165, 1.54) is 6.07 Å². The highest BCUT2D eigenvalue weighted by Crippen LogP contribution is 2.32. The Kier molecular flexibility index (Phi) is 14.0. The van der Waals surface area contributed by atoms with Gasteiger partial charge < -0.3 is 29.5 Å². The number of pyridine rings is 2. The molecule has 0 amide bonds. The van der Waals surface area contributed by atoms with Crippen LogP contribution in [0, 0.1) is 42.3 Å². The molecule has 0 spiro atoms. The van der Waals surface area contributed by atoms with Gasteiger partial charge in [0.15, 0.2) is 0 Å². The normalized spacial score (nSPS) is 14.2. The lowest BCUT2D eigenvalue weighted by Crippen LogP contribution is -2.55. The number of aromatic nitrogens is 10. The molecule has 0 atom stereocenters. The molecular formula is C53H58FN15O3. The largest absolute Gasteiger partial charge is 0.415 e. The second-order valence-electron chi connectivity index (χ2n) is 18.8. The Hall–Kier alpha value is -8.23. The van der Waals surface area contributed by atoms with Crippen molar-refractivity contribution in [2.45, 2.75) is 83.8 Å². The van der Waals surface area contributed by atoms with Crippen LogP contribution >= 0.6 is 0 Å². The average molecular weight is 972 g/mol. The van der Waals surface area contributed by atoms with Gasteiger partial charge in [0, 0.05) is 84.0 Å². The van der Waals surface area contributed by atoms with Crippen LogP contribution in [0.15, 0.2) is 100 Å². The van der Waals surface area contributed by atoms with Crippen LogP contribution in [0.4, 0.5) is 10.1 Å².